The van der Waals surface area contributed by atoms with Crippen molar-refractivity contribution in [3.05, 3.63) is 52.8 Å². The van der Waals surface area contributed by atoms with Crippen LogP contribution in [0.5, 0.6) is 11.6 Å². The third-order valence-electron chi connectivity index (χ3n) is 6.13. The number of methoxy groups -OCH3 is 1. The van der Waals surface area contributed by atoms with Crippen LogP contribution in [0.2, 0.25) is 0 Å². The highest BCUT2D eigenvalue weighted by Crippen LogP contribution is 2.51. The minimum Gasteiger partial charge on any atom is -0.479 e. The van der Waals surface area contributed by atoms with Gasteiger partial charge in [0.05, 0.1) is 13.7 Å². The molecule has 0 amide bonds. The van der Waals surface area contributed by atoms with E-state index in [1.807, 2.05) is 0 Å². The molecule has 3 atom stereocenters. The van der Waals surface area contributed by atoms with Crippen LogP contribution >= 0.6 is 7.75 Å². The average molecular weight is 543 g/mol. The second-order valence-electron chi connectivity index (χ2n) is 8.63. The van der Waals surface area contributed by atoms with Crippen LogP contribution < -0.4 is 20.1 Å². The van der Waals surface area contributed by atoms with Crippen molar-refractivity contribution in [3.63, 3.8) is 0 Å². The highest BCUT2D eigenvalue weighted by Gasteiger charge is 2.45. The first-order valence-electron chi connectivity index (χ1n) is 11.9. The Morgan fingerprint density at radius 1 is 1.32 bits per heavy atom. The first-order chi connectivity index (χ1) is 18.4. The molecule has 3 heterocycles. The number of benzene rings is 1. The Hall–Kier alpha value is -3.87. The maximum Gasteiger partial charge on any atom is 0.459 e. The molecule has 1 fully saturated rings. The van der Waals surface area contributed by atoms with E-state index in [9.17, 15) is 15.2 Å². The summed E-state index contributed by atoms with van der Waals surface area (Å²) in [6.07, 6.45) is 2.53. The minimum atomic E-state index is -4.07. The van der Waals surface area contributed by atoms with Crippen LogP contribution in [0.3, 0.4) is 0 Å². The molecular formula is C22H26N9O6P. The van der Waals surface area contributed by atoms with Gasteiger partial charge in [0.2, 0.25) is 17.7 Å². The van der Waals surface area contributed by atoms with Crippen molar-refractivity contribution in [2.45, 2.75) is 43.9 Å². The van der Waals surface area contributed by atoms with Gasteiger partial charge in [0.25, 0.3) is 0 Å². The maximum atomic E-state index is 14.1. The third kappa shape index (κ3) is 5.10. The van der Waals surface area contributed by atoms with E-state index in [1.165, 1.54) is 18.0 Å². The minimum absolute atomic E-state index is 0.0402. The number of aromatic nitrogens is 4. The lowest BCUT2D eigenvalue weighted by molar-refractivity contribution is 0.0287. The first-order valence-corrected chi connectivity index (χ1v) is 13.4. The Balaban J connectivity index is 1.56. The highest BCUT2D eigenvalue weighted by molar-refractivity contribution is 7.52. The number of nitrogens with one attached hydrogen (secondary N) is 1. The topological polar surface area (TPSA) is 205 Å². The standard InChI is InChI=1S/C22H26N9O6P/c1-34-20-17-19(26-22(23)27-20)31(12-25-17)21-16(28-30-24)18(15(11-32)35-21)37-38(33,29-13-7-5-6-8-13)36-14-9-3-2-4-10-14/h2-4,9-10,12-13,15,18,32H,5-8,11H2,1H3,(H,29,33)(H2,23,26,27)/t15-,18-,38?/m1/s1. The number of rotatable bonds is 10. The fraction of sp³-hybridized carbons (Fsp3) is 0.409. The summed E-state index contributed by atoms with van der Waals surface area (Å²) in [5, 5.41) is 16.9. The zero-order chi connectivity index (χ0) is 26.7. The van der Waals surface area contributed by atoms with Crippen LogP contribution in [0.25, 0.3) is 27.5 Å². The molecular weight excluding hydrogens is 517 g/mol. The largest absolute Gasteiger partial charge is 0.479 e. The third-order valence-corrected chi connectivity index (χ3v) is 7.77. The van der Waals surface area contributed by atoms with Gasteiger partial charge in [0.15, 0.2) is 17.3 Å². The van der Waals surface area contributed by atoms with E-state index < -0.39 is 26.6 Å². The van der Waals surface area contributed by atoms with Gasteiger partial charge in [-0.2, -0.15) is 9.97 Å². The quantitative estimate of drug-likeness (QED) is 0.146. The van der Waals surface area contributed by atoms with Crippen LogP contribution in [0, 0.1) is 0 Å². The number of azide groups is 1. The van der Waals surface area contributed by atoms with Crippen LogP contribution in [-0.2, 0) is 13.8 Å². The zero-order valence-electron chi connectivity index (χ0n) is 20.4. The van der Waals surface area contributed by atoms with Crippen molar-refractivity contribution < 1.29 is 28.2 Å². The molecule has 0 bridgehead atoms. The number of hydrogen-bond donors (Lipinski definition) is 3. The van der Waals surface area contributed by atoms with Crippen molar-refractivity contribution in [2.24, 2.45) is 5.11 Å². The first kappa shape index (κ1) is 25.8. The summed E-state index contributed by atoms with van der Waals surface area (Å²) in [5.74, 6) is 0.313. The second kappa shape index (κ2) is 10.9. The van der Waals surface area contributed by atoms with Crippen LogP contribution in [0.1, 0.15) is 25.7 Å². The summed E-state index contributed by atoms with van der Waals surface area (Å²) in [7, 11) is -2.67. The van der Waals surface area contributed by atoms with E-state index in [0.29, 0.717) is 5.75 Å². The molecule has 38 heavy (non-hydrogen) atoms. The number of ether oxygens (including phenoxy) is 2. The highest BCUT2D eigenvalue weighted by atomic mass is 31.2. The molecule has 0 saturated heterocycles. The molecule has 1 unspecified atom stereocenters. The molecule has 2 aliphatic rings. The lowest BCUT2D eigenvalue weighted by Gasteiger charge is -2.27. The molecule has 16 heteroatoms. The van der Waals surface area contributed by atoms with Gasteiger partial charge < -0.3 is 24.8 Å². The summed E-state index contributed by atoms with van der Waals surface area (Å²) in [6, 6.07) is 8.46. The van der Waals surface area contributed by atoms with E-state index in [2.05, 4.69) is 30.1 Å². The van der Waals surface area contributed by atoms with Gasteiger partial charge in [0.1, 0.15) is 23.9 Å². The Morgan fingerprint density at radius 3 is 2.76 bits per heavy atom. The Morgan fingerprint density at radius 2 is 2.08 bits per heavy atom. The molecule has 2 aromatic heterocycles. The molecule has 0 radical (unpaired) electrons. The molecule has 15 nitrogen and oxygen atoms in total. The molecule has 1 aromatic carbocycles. The van der Waals surface area contributed by atoms with Crippen LogP contribution in [0.4, 0.5) is 5.95 Å². The van der Waals surface area contributed by atoms with Crippen LogP contribution in [0.15, 0.2) is 47.5 Å². The molecule has 200 valence electrons. The van der Waals surface area contributed by atoms with Gasteiger partial charge in [-0.25, -0.2) is 14.6 Å². The zero-order valence-corrected chi connectivity index (χ0v) is 21.3. The number of para-hydroxylation sites is 1. The summed E-state index contributed by atoms with van der Waals surface area (Å²) in [6.45, 7) is -0.555. The molecule has 3 aromatic rings. The summed E-state index contributed by atoms with van der Waals surface area (Å²) in [4.78, 5) is 15.4. The smallest absolute Gasteiger partial charge is 0.459 e. The number of hydrogen-bond acceptors (Lipinski definition) is 11. The van der Waals surface area contributed by atoms with Crippen molar-refractivity contribution in [3.8, 4) is 11.6 Å². The van der Waals surface area contributed by atoms with Gasteiger partial charge >= 0.3 is 7.75 Å². The molecule has 1 saturated carbocycles. The van der Waals surface area contributed by atoms with E-state index >= 15 is 0 Å². The lowest BCUT2D eigenvalue weighted by Crippen LogP contribution is -2.34. The second-order valence-corrected chi connectivity index (χ2v) is 10.3. The Labute approximate surface area is 216 Å². The number of nitrogens with two attached hydrogens (primary N) is 1. The van der Waals surface area contributed by atoms with Crippen molar-refractivity contribution >= 4 is 30.7 Å². The van der Waals surface area contributed by atoms with Crippen molar-refractivity contribution in [2.75, 3.05) is 19.5 Å². The number of nitrogens with zero attached hydrogens (tertiary/aromatic N) is 7. The fourth-order valence-electron chi connectivity index (χ4n) is 4.45. The molecule has 1 aliphatic carbocycles. The van der Waals surface area contributed by atoms with E-state index in [0.717, 1.165) is 25.7 Å². The van der Waals surface area contributed by atoms with E-state index in [4.69, 9.17) is 24.3 Å². The molecule has 1 aliphatic heterocycles. The monoisotopic (exact) mass is 543 g/mol. The van der Waals surface area contributed by atoms with Gasteiger partial charge in [-0.1, -0.05) is 36.2 Å². The summed E-state index contributed by atoms with van der Waals surface area (Å²) < 4.78 is 38.5. The predicted molar refractivity (Wildman–Crippen MR) is 136 cm³/mol. The Bertz CT molecular complexity index is 1440. The van der Waals surface area contributed by atoms with Crippen LogP contribution in [-0.4, -0.2) is 56.6 Å². The van der Waals surface area contributed by atoms with Gasteiger partial charge in [-0.3, -0.25) is 9.09 Å². The maximum absolute atomic E-state index is 14.1. The molecule has 5 rings (SSSR count). The van der Waals surface area contributed by atoms with E-state index in [-0.39, 0.29) is 40.6 Å². The number of aliphatic hydroxyl groups is 1. The predicted octanol–water partition coefficient (Wildman–Crippen LogP) is 3.35. The van der Waals surface area contributed by atoms with E-state index in [1.54, 1.807) is 30.3 Å². The SMILES string of the molecule is COc1nc(N)nc2c1ncn2C1=C(N=[N+]=[N-])[C@H](OP(=O)(NC2CCCC2)Oc2ccccc2)[C@@H](CO)O1. The fourth-order valence-corrected chi connectivity index (χ4v) is 6.25. The van der Waals surface area contributed by atoms with Crippen molar-refractivity contribution in [1.82, 2.24) is 24.6 Å². The molecule has 0 spiro atoms. The van der Waals surface area contributed by atoms with Crippen molar-refractivity contribution in [1.29, 1.82) is 0 Å². The Kier molecular flexibility index (Phi) is 7.36. The van der Waals surface area contributed by atoms with Gasteiger partial charge in [-0.15, -0.1) is 0 Å². The number of aliphatic hydroxyl groups excluding tert-OH is 1. The summed E-state index contributed by atoms with van der Waals surface area (Å²) in [5.41, 5.74) is 15.6. The normalized spacial score (nSPS) is 21.2. The molecule has 4 N–H and O–H groups in total. The van der Waals surface area contributed by atoms with Gasteiger partial charge in [0, 0.05) is 11.0 Å². The lowest BCUT2D eigenvalue weighted by atomic mass is 10.2. The van der Waals surface area contributed by atoms with Gasteiger partial charge in [-0.05, 0) is 30.5 Å². The number of nitrogen functional groups attached to an aromatic ring is 1. The number of fused-ring (bicyclic) bond motifs is 1. The number of anilines is 1. The average Bonchev–Trinajstić information content (AvgIpc) is 3.64. The summed E-state index contributed by atoms with van der Waals surface area (Å²) >= 11 is 0. The number of imidazole rings is 1.